The summed E-state index contributed by atoms with van der Waals surface area (Å²) in [5.74, 6) is 0. The summed E-state index contributed by atoms with van der Waals surface area (Å²) in [5.41, 5.74) is 1.80. The van der Waals surface area contributed by atoms with Crippen LogP contribution in [0.1, 0.15) is 20.8 Å². The molecule has 0 atom stereocenters. The predicted molar refractivity (Wildman–Crippen MR) is 73.7 cm³/mol. The molecule has 0 aliphatic heterocycles. The molecule has 0 saturated heterocycles. The number of carbonyl (C=O) groups excluding carboxylic acids is 1. The van der Waals surface area contributed by atoms with E-state index in [1.165, 1.54) is 0 Å². The van der Waals surface area contributed by atoms with Crippen LogP contribution in [0.2, 0.25) is 0 Å². The van der Waals surface area contributed by atoms with Crippen LogP contribution in [0.5, 0.6) is 0 Å². The monoisotopic (exact) mass is 311 g/mol. The number of nitrogens with one attached hydrogen (secondary N) is 2. The molecule has 96 valence electrons. The van der Waals surface area contributed by atoms with Gasteiger partial charge in [0.2, 0.25) is 0 Å². The van der Waals surface area contributed by atoms with Crippen molar-refractivity contribution in [3.05, 3.63) is 22.9 Å². The van der Waals surface area contributed by atoms with Crippen molar-refractivity contribution >= 4 is 38.7 Å². The number of aromatic nitrogens is 2. The van der Waals surface area contributed by atoms with Gasteiger partial charge >= 0.3 is 6.09 Å². The van der Waals surface area contributed by atoms with Crippen LogP contribution in [-0.4, -0.2) is 21.7 Å². The van der Waals surface area contributed by atoms with Gasteiger partial charge in [-0.2, -0.15) is 0 Å². The van der Waals surface area contributed by atoms with Gasteiger partial charge in [0.05, 0.1) is 11.8 Å². The third-order valence-corrected chi connectivity index (χ3v) is 2.73. The topological polar surface area (TPSA) is 67.0 Å². The van der Waals surface area contributed by atoms with E-state index < -0.39 is 11.7 Å². The molecular weight excluding hydrogens is 298 g/mol. The smallest absolute Gasteiger partial charge is 0.412 e. The first-order valence-electron chi connectivity index (χ1n) is 5.48. The molecule has 0 fully saturated rings. The van der Waals surface area contributed by atoms with E-state index in [4.69, 9.17) is 4.74 Å². The highest BCUT2D eigenvalue weighted by Gasteiger charge is 2.16. The molecule has 0 bridgehead atoms. The van der Waals surface area contributed by atoms with E-state index in [1.54, 1.807) is 18.5 Å². The molecule has 1 amide bonds. The fourth-order valence-electron chi connectivity index (χ4n) is 1.50. The lowest BCUT2D eigenvalue weighted by Gasteiger charge is -2.19. The van der Waals surface area contributed by atoms with E-state index in [0.29, 0.717) is 5.69 Å². The summed E-state index contributed by atoms with van der Waals surface area (Å²) in [5, 5.41) is 2.68. The second-order valence-electron chi connectivity index (χ2n) is 4.88. The van der Waals surface area contributed by atoms with Gasteiger partial charge in [-0.3, -0.25) is 5.32 Å². The first kappa shape index (κ1) is 12.9. The van der Waals surface area contributed by atoms with Gasteiger partial charge in [-0.1, -0.05) is 0 Å². The van der Waals surface area contributed by atoms with Gasteiger partial charge in [0.15, 0.2) is 0 Å². The zero-order valence-electron chi connectivity index (χ0n) is 10.4. The summed E-state index contributed by atoms with van der Waals surface area (Å²) < 4.78 is 6.00. The molecule has 0 saturated carbocycles. The maximum atomic E-state index is 11.6. The van der Waals surface area contributed by atoms with E-state index >= 15 is 0 Å². The Kier molecular flexibility index (Phi) is 3.30. The van der Waals surface area contributed by atoms with Gasteiger partial charge in [0.25, 0.3) is 0 Å². The average Bonchev–Trinajstić information content (AvgIpc) is 2.62. The molecule has 1 aromatic carbocycles. The number of ether oxygens (including phenoxy) is 1. The maximum Gasteiger partial charge on any atom is 0.412 e. The first-order chi connectivity index (χ1) is 8.35. The number of anilines is 1. The van der Waals surface area contributed by atoms with Crippen molar-refractivity contribution in [2.24, 2.45) is 0 Å². The lowest BCUT2D eigenvalue weighted by molar-refractivity contribution is 0.0636. The van der Waals surface area contributed by atoms with Gasteiger partial charge in [-0.05, 0) is 48.8 Å². The molecule has 1 heterocycles. The van der Waals surface area contributed by atoms with Gasteiger partial charge in [0.1, 0.15) is 11.1 Å². The van der Waals surface area contributed by atoms with Crippen LogP contribution in [0.15, 0.2) is 22.9 Å². The van der Waals surface area contributed by atoms with Gasteiger partial charge in [-0.25, -0.2) is 9.78 Å². The largest absolute Gasteiger partial charge is 0.444 e. The molecular formula is C12H14BrN3O2. The van der Waals surface area contributed by atoms with E-state index in [1.807, 2.05) is 20.8 Å². The summed E-state index contributed by atoms with van der Waals surface area (Å²) in [6, 6.07) is 3.59. The van der Waals surface area contributed by atoms with Crippen molar-refractivity contribution in [3.8, 4) is 0 Å². The Morgan fingerprint density at radius 3 is 2.83 bits per heavy atom. The lowest BCUT2D eigenvalue weighted by Crippen LogP contribution is -2.27. The number of imidazole rings is 1. The Hall–Kier alpha value is -1.56. The highest BCUT2D eigenvalue weighted by molar-refractivity contribution is 9.10. The van der Waals surface area contributed by atoms with Crippen molar-refractivity contribution in [1.82, 2.24) is 9.97 Å². The fraction of sp³-hybridized carbons (Fsp3) is 0.333. The zero-order chi connectivity index (χ0) is 13.3. The van der Waals surface area contributed by atoms with Crippen molar-refractivity contribution in [2.45, 2.75) is 26.4 Å². The maximum absolute atomic E-state index is 11.6. The Bertz CT molecular complexity index is 587. The minimum atomic E-state index is -0.514. The molecule has 2 aromatic rings. The highest BCUT2D eigenvalue weighted by Crippen LogP contribution is 2.26. The van der Waals surface area contributed by atoms with E-state index in [9.17, 15) is 4.79 Å². The minimum Gasteiger partial charge on any atom is -0.444 e. The third-order valence-electron chi connectivity index (χ3n) is 2.12. The Balaban J connectivity index is 2.19. The average molecular weight is 312 g/mol. The Morgan fingerprint density at radius 2 is 2.17 bits per heavy atom. The molecule has 18 heavy (non-hydrogen) atoms. The number of nitrogens with zero attached hydrogens (tertiary/aromatic N) is 1. The molecule has 1 aromatic heterocycles. The van der Waals surface area contributed by atoms with Crippen molar-refractivity contribution < 1.29 is 9.53 Å². The molecule has 0 aliphatic carbocycles. The number of rotatable bonds is 1. The van der Waals surface area contributed by atoms with Crippen molar-refractivity contribution in [2.75, 3.05) is 5.32 Å². The van der Waals surface area contributed by atoms with E-state index in [0.717, 1.165) is 15.5 Å². The summed E-state index contributed by atoms with van der Waals surface area (Å²) in [6.45, 7) is 5.46. The van der Waals surface area contributed by atoms with Crippen LogP contribution in [0.4, 0.5) is 10.5 Å². The lowest BCUT2D eigenvalue weighted by atomic mass is 10.2. The number of amides is 1. The van der Waals surface area contributed by atoms with Gasteiger partial charge < -0.3 is 9.72 Å². The van der Waals surface area contributed by atoms with Crippen LogP contribution in [0.3, 0.4) is 0 Å². The molecule has 0 radical (unpaired) electrons. The molecule has 0 aliphatic rings. The Labute approximate surface area is 113 Å². The second-order valence-corrected chi connectivity index (χ2v) is 5.74. The quantitative estimate of drug-likeness (QED) is 0.844. The number of hydrogen-bond donors (Lipinski definition) is 2. The molecule has 0 unspecified atom stereocenters. The van der Waals surface area contributed by atoms with E-state index in [-0.39, 0.29) is 0 Å². The summed E-state index contributed by atoms with van der Waals surface area (Å²) in [7, 11) is 0. The van der Waals surface area contributed by atoms with Crippen LogP contribution in [-0.2, 0) is 4.74 Å². The van der Waals surface area contributed by atoms with Gasteiger partial charge in [-0.15, -0.1) is 0 Å². The first-order valence-corrected chi connectivity index (χ1v) is 6.27. The zero-order valence-corrected chi connectivity index (χ0v) is 12.0. The molecule has 2 rings (SSSR count). The van der Waals surface area contributed by atoms with Crippen LogP contribution < -0.4 is 5.32 Å². The summed E-state index contributed by atoms with van der Waals surface area (Å²) in [4.78, 5) is 18.8. The van der Waals surface area contributed by atoms with Crippen LogP contribution in [0.25, 0.3) is 11.0 Å². The summed E-state index contributed by atoms with van der Waals surface area (Å²) >= 11 is 3.40. The SMILES string of the molecule is CC(C)(C)OC(=O)Nc1cc(Br)c2nc[nH]c2c1. The number of H-pyrrole nitrogens is 1. The normalized spacial score (nSPS) is 11.6. The van der Waals surface area contributed by atoms with Crippen molar-refractivity contribution in [3.63, 3.8) is 0 Å². The summed E-state index contributed by atoms with van der Waals surface area (Å²) in [6.07, 6.45) is 1.13. The van der Waals surface area contributed by atoms with Gasteiger partial charge in [0, 0.05) is 10.2 Å². The molecule has 0 spiro atoms. The third kappa shape index (κ3) is 3.01. The number of carbonyl (C=O) groups is 1. The Morgan fingerprint density at radius 1 is 1.44 bits per heavy atom. The number of aromatic amines is 1. The number of benzene rings is 1. The predicted octanol–water partition coefficient (Wildman–Crippen LogP) is 3.67. The van der Waals surface area contributed by atoms with E-state index in [2.05, 4.69) is 31.2 Å². The second kappa shape index (κ2) is 4.61. The van der Waals surface area contributed by atoms with Crippen molar-refractivity contribution in [1.29, 1.82) is 0 Å². The highest BCUT2D eigenvalue weighted by atomic mass is 79.9. The number of hydrogen-bond acceptors (Lipinski definition) is 3. The number of fused-ring (bicyclic) bond motifs is 1. The molecule has 2 N–H and O–H groups in total. The van der Waals surface area contributed by atoms with Crippen LogP contribution >= 0.6 is 15.9 Å². The number of halogens is 1. The van der Waals surface area contributed by atoms with Crippen LogP contribution in [0, 0.1) is 0 Å². The standard InChI is InChI=1S/C12H14BrN3O2/c1-12(2,3)18-11(17)16-7-4-8(13)10-9(5-7)14-6-15-10/h4-6H,1-3H3,(H,14,15)(H,16,17). The molecule has 5 nitrogen and oxygen atoms in total. The molecule has 6 heteroatoms. The fourth-order valence-corrected chi connectivity index (χ4v) is 2.06. The minimum absolute atomic E-state index is 0.478.